The Balaban J connectivity index is 1.29. The molecule has 11 rings (SSSR count). The second kappa shape index (κ2) is 11.8. The number of anilines is 3. The molecule has 0 aromatic heterocycles. The third-order valence-corrected chi connectivity index (χ3v) is 12.7. The maximum Gasteiger partial charge on any atom is 0.0714 e. The predicted molar refractivity (Wildman–Crippen MR) is 234 cm³/mol. The van der Waals surface area contributed by atoms with Crippen LogP contribution in [0.15, 0.2) is 188 Å². The van der Waals surface area contributed by atoms with Crippen molar-refractivity contribution in [3.8, 4) is 33.4 Å². The average Bonchev–Trinajstić information content (AvgIpc) is 3.82. The highest BCUT2D eigenvalue weighted by Crippen LogP contribution is 2.57. The van der Waals surface area contributed by atoms with Gasteiger partial charge in [-0.2, -0.15) is 0 Å². The van der Waals surface area contributed by atoms with Crippen molar-refractivity contribution in [2.45, 2.75) is 43.9 Å². The molecule has 0 saturated heterocycles. The molecular weight excluding hydrogens is 675 g/mol. The summed E-state index contributed by atoms with van der Waals surface area (Å²) in [5.74, 6) is 0. The van der Waals surface area contributed by atoms with Crippen molar-refractivity contribution in [1.82, 2.24) is 0 Å². The van der Waals surface area contributed by atoms with Crippen LogP contribution in [-0.4, -0.2) is 0 Å². The fourth-order valence-corrected chi connectivity index (χ4v) is 10.0. The van der Waals surface area contributed by atoms with Gasteiger partial charge in [0.05, 0.1) is 15.0 Å². The summed E-state index contributed by atoms with van der Waals surface area (Å²) in [6.45, 7) is 8.44. The van der Waals surface area contributed by atoms with Gasteiger partial charge in [0.25, 0.3) is 0 Å². The lowest BCUT2D eigenvalue weighted by atomic mass is 9.67. The number of fused-ring (bicyclic) bond motifs is 9. The van der Waals surface area contributed by atoms with Crippen molar-refractivity contribution in [2.24, 2.45) is 0 Å². The fraction of sp³-hybridized carbons (Fsp3) is 0.127. The molecule has 0 fully saturated rings. The van der Waals surface area contributed by atoms with E-state index in [1.165, 1.54) is 0 Å². The molecule has 56 heavy (non-hydrogen) atoms. The van der Waals surface area contributed by atoms with Crippen LogP contribution >= 0.6 is 0 Å². The van der Waals surface area contributed by atoms with E-state index in [1.807, 2.05) is 135 Å². The van der Waals surface area contributed by atoms with E-state index in [0.717, 1.165) is 61.2 Å². The van der Waals surface area contributed by atoms with Gasteiger partial charge in [-0.3, -0.25) is 0 Å². The Kier molecular flexibility index (Phi) is 5.55. The van der Waals surface area contributed by atoms with Gasteiger partial charge in [0.1, 0.15) is 0 Å². The van der Waals surface area contributed by atoms with Crippen molar-refractivity contribution < 1.29 is 9.60 Å². The maximum absolute atomic E-state index is 10.6. The highest BCUT2D eigenvalue weighted by Gasteiger charge is 2.46. The molecule has 0 atom stereocenters. The molecule has 8 aromatic rings. The highest BCUT2D eigenvalue weighted by molar-refractivity contribution is 5.90. The summed E-state index contributed by atoms with van der Waals surface area (Å²) in [5.41, 5.74) is 10.1. The van der Waals surface area contributed by atoms with Crippen LogP contribution in [0.5, 0.6) is 0 Å². The summed E-state index contributed by atoms with van der Waals surface area (Å²) in [7, 11) is 0. The van der Waals surface area contributed by atoms with E-state index in [2.05, 4.69) is 38.1 Å². The second-order valence-electron chi connectivity index (χ2n) is 16.3. The van der Waals surface area contributed by atoms with E-state index in [9.17, 15) is 9.60 Å². The smallest absolute Gasteiger partial charge is 0.0714 e. The van der Waals surface area contributed by atoms with Gasteiger partial charge >= 0.3 is 0 Å². The van der Waals surface area contributed by atoms with Crippen molar-refractivity contribution in [3.05, 3.63) is 232 Å². The van der Waals surface area contributed by atoms with Gasteiger partial charge in [0, 0.05) is 27.9 Å². The molecule has 0 spiro atoms. The molecule has 0 heterocycles. The lowest BCUT2D eigenvalue weighted by Crippen LogP contribution is -2.28. The van der Waals surface area contributed by atoms with Crippen LogP contribution in [0.25, 0.3) is 33.4 Å². The van der Waals surface area contributed by atoms with E-state index in [0.29, 0.717) is 16.8 Å². The number of hydrogen-bond acceptors (Lipinski definition) is 1. The number of nitrogens with zero attached hydrogens (tertiary/aromatic N) is 1. The van der Waals surface area contributed by atoms with Crippen LogP contribution in [0.4, 0.5) is 17.1 Å². The monoisotopic (exact) mass is 724 g/mol. The first-order valence-corrected chi connectivity index (χ1v) is 19.4. The van der Waals surface area contributed by atoms with Crippen molar-refractivity contribution in [3.63, 3.8) is 0 Å². The largest absolute Gasteiger partial charge is 0.310 e. The molecule has 1 nitrogen and oxygen atoms in total. The van der Waals surface area contributed by atoms with Crippen LogP contribution in [0.2, 0.25) is 0 Å². The first kappa shape index (κ1) is 26.4. The molecule has 0 N–H and O–H groups in total. The van der Waals surface area contributed by atoms with Gasteiger partial charge in [-0.25, -0.2) is 0 Å². The van der Waals surface area contributed by atoms with E-state index in [-0.39, 0.29) is 59.2 Å². The van der Waals surface area contributed by atoms with Crippen molar-refractivity contribution in [2.75, 3.05) is 4.90 Å². The third kappa shape index (κ3) is 4.37. The van der Waals surface area contributed by atoms with Gasteiger partial charge in [0.15, 0.2) is 0 Å². The minimum absolute atomic E-state index is 0.0198. The topological polar surface area (TPSA) is 3.24 Å². The Morgan fingerprint density at radius 2 is 0.875 bits per heavy atom. The Hall–Kier alpha value is -6.44. The highest BCUT2D eigenvalue weighted by atomic mass is 15.1. The Labute approximate surface area is 340 Å². The van der Waals surface area contributed by atoms with Crippen molar-refractivity contribution in [1.29, 1.82) is 0 Å². The molecule has 8 aromatic carbocycles. The molecule has 0 bridgehead atoms. The van der Waals surface area contributed by atoms with Crippen LogP contribution in [0, 0.1) is 0 Å². The lowest BCUT2D eigenvalue weighted by molar-refractivity contribution is 0.660. The zero-order chi connectivity index (χ0) is 43.9. The normalized spacial score (nSPS) is 17.3. The zero-order valence-corrected chi connectivity index (χ0v) is 31.8. The van der Waals surface area contributed by atoms with Gasteiger partial charge < -0.3 is 4.90 Å². The molecule has 268 valence electrons. The lowest BCUT2D eigenvalue weighted by Gasteiger charge is -2.35. The minimum Gasteiger partial charge on any atom is -0.310 e. The SMILES string of the molecule is [2H]c1c([2H])c(N(c2ccc3c(c2)C(C)(C)c2ccccc2-3)c2c([2H])c([2H])c3c(c2[2H])C(C)(C)c2ccccc2-3)c([2H])c(C2(c3ccccc3)c3ccccc3-c3ccccc32)c1[2H]. The number of rotatable bonds is 5. The molecule has 0 amide bonds. The quantitative estimate of drug-likeness (QED) is 0.171. The van der Waals surface area contributed by atoms with E-state index < -0.39 is 16.2 Å². The van der Waals surface area contributed by atoms with Crippen molar-refractivity contribution >= 4 is 17.1 Å². The molecule has 3 aliphatic carbocycles. The van der Waals surface area contributed by atoms with Gasteiger partial charge in [-0.05, 0) is 114 Å². The van der Waals surface area contributed by atoms with E-state index in [4.69, 9.17) is 0 Å². The third-order valence-electron chi connectivity index (χ3n) is 12.7. The summed E-state index contributed by atoms with van der Waals surface area (Å²) >= 11 is 0. The Bertz CT molecular complexity index is 3230. The summed E-state index contributed by atoms with van der Waals surface area (Å²) in [6, 6.07) is 46.7. The molecule has 3 aliphatic rings. The minimum atomic E-state index is -1.25. The average molecular weight is 725 g/mol. The fourth-order valence-electron chi connectivity index (χ4n) is 10.0. The van der Waals surface area contributed by atoms with Gasteiger partial charge in [0.2, 0.25) is 0 Å². The standard InChI is InChI=1S/C55H43N/c1-53(2)47-25-12-8-21-41(47)45-31-29-39(34-51(45)53)56(40-30-32-46-42-22-9-13-26-48(42)54(3,4)52(46)35-40)38-20-16-19-37(33-38)55(36-17-6-5-7-18-36)49-27-14-10-23-43(49)44-24-11-15-28-50(44)55/h5-35H,1-4H3/i16D,19D,20D,29D,31D,33D,34D. The molecule has 0 saturated carbocycles. The van der Waals surface area contributed by atoms with Crippen LogP contribution in [0.3, 0.4) is 0 Å². The van der Waals surface area contributed by atoms with Crippen LogP contribution in [-0.2, 0) is 16.2 Å². The Morgan fingerprint density at radius 3 is 1.52 bits per heavy atom. The van der Waals surface area contributed by atoms with Crippen LogP contribution < -0.4 is 4.90 Å². The maximum atomic E-state index is 10.6. The first-order chi connectivity index (χ1) is 30.2. The number of benzene rings is 8. The predicted octanol–water partition coefficient (Wildman–Crippen LogP) is 14.1. The van der Waals surface area contributed by atoms with E-state index in [1.54, 1.807) is 4.90 Å². The van der Waals surface area contributed by atoms with Crippen LogP contribution in [0.1, 0.15) is 81.8 Å². The Morgan fingerprint density at radius 1 is 0.375 bits per heavy atom. The first-order valence-electron chi connectivity index (χ1n) is 22.9. The summed E-state index contributed by atoms with van der Waals surface area (Å²) in [4.78, 5) is 1.64. The van der Waals surface area contributed by atoms with E-state index >= 15 is 0 Å². The van der Waals surface area contributed by atoms with Gasteiger partial charge in [-0.1, -0.05) is 179 Å². The molecule has 1 heteroatoms. The summed E-state index contributed by atoms with van der Waals surface area (Å²) < 4.78 is 69.9. The summed E-state index contributed by atoms with van der Waals surface area (Å²) in [5, 5.41) is 0. The number of hydrogen-bond donors (Lipinski definition) is 0. The zero-order valence-electron chi connectivity index (χ0n) is 38.8. The van der Waals surface area contributed by atoms with Gasteiger partial charge in [-0.15, -0.1) is 0 Å². The molecule has 0 radical (unpaired) electrons. The second-order valence-corrected chi connectivity index (χ2v) is 16.3. The molecule has 0 unspecified atom stereocenters. The molecular formula is C55H43N. The molecule has 0 aliphatic heterocycles. The summed E-state index contributed by atoms with van der Waals surface area (Å²) in [6.07, 6.45) is 0.